The number of carbonyl (C=O) groups excluding carboxylic acids is 1. The first-order valence-electron chi connectivity index (χ1n) is 5.71. The van der Waals surface area contributed by atoms with Crippen LogP contribution in [0.25, 0.3) is 0 Å². The zero-order valence-corrected chi connectivity index (χ0v) is 10.9. The molecule has 1 amide bonds. The maximum atomic E-state index is 11.9. The van der Waals surface area contributed by atoms with Crippen molar-refractivity contribution in [1.29, 1.82) is 0 Å². The first-order chi connectivity index (χ1) is 8.08. The lowest BCUT2D eigenvalue weighted by molar-refractivity contribution is -0.119. The number of hydrogen-bond acceptors (Lipinski definition) is 3. The van der Waals surface area contributed by atoms with Crippen molar-refractivity contribution in [2.75, 3.05) is 11.9 Å². The van der Waals surface area contributed by atoms with Gasteiger partial charge in [0.2, 0.25) is 5.91 Å². The van der Waals surface area contributed by atoms with Crippen LogP contribution in [0.15, 0.2) is 12.3 Å². The molecule has 0 saturated carbocycles. The van der Waals surface area contributed by atoms with E-state index in [0.29, 0.717) is 17.4 Å². The molecule has 1 heterocycles. The molecule has 0 bridgehead atoms. The van der Waals surface area contributed by atoms with Crippen LogP contribution in [0.5, 0.6) is 0 Å². The fourth-order valence-electron chi connectivity index (χ4n) is 1.58. The predicted molar refractivity (Wildman–Crippen MR) is 70.1 cm³/mol. The van der Waals surface area contributed by atoms with Crippen LogP contribution in [0, 0.1) is 12.8 Å². The van der Waals surface area contributed by atoms with Gasteiger partial charge in [-0.05, 0) is 25.0 Å². The summed E-state index contributed by atoms with van der Waals surface area (Å²) in [4.78, 5) is 15.9. The maximum Gasteiger partial charge on any atom is 0.228 e. The van der Waals surface area contributed by atoms with Crippen molar-refractivity contribution in [3.8, 4) is 0 Å². The van der Waals surface area contributed by atoms with Crippen LogP contribution in [0.4, 0.5) is 5.69 Å². The molecular formula is C12H18ClN3O. The summed E-state index contributed by atoms with van der Waals surface area (Å²) >= 11 is 5.81. The van der Waals surface area contributed by atoms with Gasteiger partial charge >= 0.3 is 0 Å². The lowest BCUT2D eigenvalue weighted by atomic mass is 10.0. The fourth-order valence-corrected chi connectivity index (χ4v) is 1.68. The summed E-state index contributed by atoms with van der Waals surface area (Å²) in [6, 6.07) is 1.80. The topological polar surface area (TPSA) is 68.0 Å². The summed E-state index contributed by atoms with van der Waals surface area (Å²) < 4.78 is 0. The smallest absolute Gasteiger partial charge is 0.228 e. The quantitative estimate of drug-likeness (QED) is 0.794. The number of nitrogens with one attached hydrogen (secondary N) is 1. The zero-order valence-electron chi connectivity index (χ0n) is 10.2. The molecule has 94 valence electrons. The van der Waals surface area contributed by atoms with Gasteiger partial charge in [-0.3, -0.25) is 4.79 Å². The van der Waals surface area contributed by atoms with Crippen molar-refractivity contribution in [1.82, 2.24) is 4.98 Å². The molecule has 5 heteroatoms. The predicted octanol–water partition coefficient (Wildman–Crippen LogP) is 2.36. The van der Waals surface area contributed by atoms with E-state index in [1.54, 1.807) is 12.3 Å². The molecule has 4 nitrogen and oxygen atoms in total. The normalized spacial score (nSPS) is 12.2. The van der Waals surface area contributed by atoms with Crippen LogP contribution in [0.1, 0.15) is 25.3 Å². The van der Waals surface area contributed by atoms with E-state index >= 15 is 0 Å². The van der Waals surface area contributed by atoms with Gasteiger partial charge in [-0.1, -0.05) is 24.9 Å². The molecular weight excluding hydrogens is 238 g/mol. The first-order valence-corrected chi connectivity index (χ1v) is 6.09. The average Bonchev–Trinajstić information content (AvgIpc) is 2.30. The van der Waals surface area contributed by atoms with Gasteiger partial charge in [0.25, 0.3) is 0 Å². The Morgan fingerprint density at radius 2 is 2.35 bits per heavy atom. The first kappa shape index (κ1) is 13.9. The molecule has 1 aromatic rings. The Balaban J connectivity index is 2.69. The highest BCUT2D eigenvalue weighted by Crippen LogP contribution is 2.17. The molecule has 0 spiro atoms. The van der Waals surface area contributed by atoms with Crippen molar-refractivity contribution in [3.05, 3.63) is 23.0 Å². The number of amides is 1. The number of pyridine rings is 1. The van der Waals surface area contributed by atoms with Gasteiger partial charge in [-0.2, -0.15) is 0 Å². The number of anilines is 1. The maximum absolute atomic E-state index is 11.9. The standard InChI is InChI=1S/C12H18ClN3O/c1-3-4-9(6-14)12(17)16-10-5-8(2)11(13)15-7-10/h5,7,9H,3-4,6,14H2,1-2H3,(H,16,17). The van der Waals surface area contributed by atoms with E-state index in [9.17, 15) is 4.79 Å². The van der Waals surface area contributed by atoms with Crippen molar-refractivity contribution in [3.63, 3.8) is 0 Å². The number of aromatic nitrogens is 1. The summed E-state index contributed by atoms with van der Waals surface area (Å²) in [6.07, 6.45) is 3.28. The number of hydrogen-bond donors (Lipinski definition) is 2. The second-order valence-electron chi connectivity index (χ2n) is 4.04. The van der Waals surface area contributed by atoms with Gasteiger partial charge in [0.05, 0.1) is 17.8 Å². The van der Waals surface area contributed by atoms with Crippen LogP contribution in [0.3, 0.4) is 0 Å². The van der Waals surface area contributed by atoms with E-state index in [1.165, 1.54) is 0 Å². The molecule has 0 aliphatic carbocycles. The number of halogens is 1. The molecule has 1 atom stereocenters. The van der Waals surface area contributed by atoms with E-state index in [0.717, 1.165) is 18.4 Å². The van der Waals surface area contributed by atoms with Gasteiger partial charge in [0, 0.05) is 6.54 Å². The number of rotatable bonds is 5. The Hall–Kier alpha value is -1.13. The van der Waals surface area contributed by atoms with Crippen LogP contribution >= 0.6 is 11.6 Å². The summed E-state index contributed by atoms with van der Waals surface area (Å²) in [5.41, 5.74) is 7.07. The molecule has 0 saturated heterocycles. The van der Waals surface area contributed by atoms with Gasteiger partial charge in [-0.25, -0.2) is 4.98 Å². The fraction of sp³-hybridized carbons (Fsp3) is 0.500. The monoisotopic (exact) mass is 255 g/mol. The largest absolute Gasteiger partial charge is 0.330 e. The Bertz CT molecular complexity index is 395. The van der Waals surface area contributed by atoms with Gasteiger partial charge in [-0.15, -0.1) is 0 Å². The highest BCUT2D eigenvalue weighted by Gasteiger charge is 2.15. The lowest BCUT2D eigenvalue weighted by Crippen LogP contribution is -2.29. The summed E-state index contributed by atoms with van der Waals surface area (Å²) in [5, 5.41) is 3.26. The second-order valence-corrected chi connectivity index (χ2v) is 4.40. The van der Waals surface area contributed by atoms with Crippen LogP contribution in [0.2, 0.25) is 5.15 Å². The Labute approximate surface area is 107 Å². The number of carbonyl (C=O) groups is 1. The van der Waals surface area contributed by atoms with Crippen LogP contribution < -0.4 is 11.1 Å². The van der Waals surface area contributed by atoms with Gasteiger partial charge in [0.15, 0.2) is 0 Å². The highest BCUT2D eigenvalue weighted by molar-refractivity contribution is 6.30. The van der Waals surface area contributed by atoms with E-state index < -0.39 is 0 Å². The summed E-state index contributed by atoms with van der Waals surface area (Å²) in [5.74, 6) is -0.200. The molecule has 0 aliphatic rings. The van der Waals surface area contributed by atoms with Crippen molar-refractivity contribution in [2.24, 2.45) is 11.7 Å². The minimum Gasteiger partial charge on any atom is -0.330 e. The molecule has 3 N–H and O–H groups in total. The minimum absolute atomic E-state index is 0.0575. The van der Waals surface area contributed by atoms with E-state index in [1.807, 2.05) is 13.8 Å². The number of nitrogens with two attached hydrogens (primary N) is 1. The van der Waals surface area contributed by atoms with Crippen molar-refractivity contribution < 1.29 is 4.79 Å². The van der Waals surface area contributed by atoms with E-state index in [-0.39, 0.29) is 11.8 Å². The summed E-state index contributed by atoms with van der Waals surface area (Å²) in [7, 11) is 0. The molecule has 1 aromatic heterocycles. The average molecular weight is 256 g/mol. The van der Waals surface area contributed by atoms with Crippen molar-refractivity contribution in [2.45, 2.75) is 26.7 Å². The Morgan fingerprint density at radius 3 is 2.88 bits per heavy atom. The van der Waals surface area contributed by atoms with E-state index in [4.69, 9.17) is 17.3 Å². The van der Waals surface area contributed by atoms with Gasteiger partial charge in [0.1, 0.15) is 5.15 Å². The molecule has 0 aliphatic heterocycles. The van der Waals surface area contributed by atoms with Crippen LogP contribution in [-0.4, -0.2) is 17.4 Å². The van der Waals surface area contributed by atoms with Crippen molar-refractivity contribution >= 4 is 23.2 Å². The summed E-state index contributed by atoms with van der Waals surface area (Å²) in [6.45, 7) is 4.24. The minimum atomic E-state index is -0.143. The molecule has 0 radical (unpaired) electrons. The lowest BCUT2D eigenvalue weighted by Gasteiger charge is -2.14. The van der Waals surface area contributed by atoms with Gasteiger partial charge < -0.3 is 11.1 Å². The van der Waals surface area contributed by atoms with Crippen LogP contribution in [-0.2, 0) is 4.79 Å². The number of aryl methyl sites for hydroxylation is 1. The second kappa shape index (κ2) is 6.57. The molecule has 0 aromatic carbocycles. The SMILES string of the molecule is CCCC(CN)C(=O)Nc1cnc(Cl)c(C)c1. The molecule has 0 fully saturated rings. The Kier molecular flexibility index (Phi) is 5.38. The third kappa shape index (κ3) is 3.98. The zero-order chi connectivity index (χ0) is 12.8. The molecule has 1 rings (SSSR count). The molecule has 1 unspecified atom stereocenters. The third-order valence-electron chi connectivity index (χ3n) is 2.57. The molecule has 17 heavy (non-hydrogen) atoms. The third-order valence-corrected chi connectivity index (χ3v) is 2.97. The van der Waals surface area contributed by atoms with E-state index in [2.05, 4.69) is 10.3 Å². The highest BCUT2D eigenvalue weighted by atomic mass is 35.5. The Morgan fingerprint density at radius 1 is 1.65 bits per heavy atom. The number of nitrogens with zero attached hydrogens (tertiary/aromatic N) is 1.